The van der Waals surface area contributed by atoms with Crippen molar-refractivity contribution in [3.8, 4) is 5.88 Å². The summed E-state index contributed by atoms with van der Waals surface area (Å²) in [6, 6.07) is 1.90. The van der Waals surface area contributed by atoms with E-state index in [2.05, 4.69) is 19.8 Å². The maximum atomic E-state index is 12.4. The van der Waals surface area contributed by atoms with Crippen molar-refractivity contribution in [3.05, 3.63) is 12.4 Å². The monoisotopic (exact) mass is 330 g/mol. The lowest BCUT2D eigenvalue weighted by Crippen LogP contribution is -2.47. The predicted molar refractivity (Wildman–Crippen MR) is 91.1 cm³/mol. The molecule has 6 heteroatoms. The van der Waals surface area contributed by atoms with Gasteiger partial charge in [-0.25, -0.2) is 9.97 Å². The minimum absolute atomic E-state index is 0.0888. The first-order valence-electron chi connectivity index (χ1n) is 9.12. The van der Waals surface area contributed by atoms with Crippen LogP contribution in [0.4, 0.5) is 5.82 Å². The molecule has 6 nitrogen and oxygen atoms in total. The van der Waals surface area contributed by atoms with Crippen LogP contribution in [0.3, 0.4) is 0 Å². The molecule has 1 amide bonds. The van der Waals surface area contributed by atoms with E-state index in [9.17, 15) is 4.79 Å². The molecule has 1 saturated carbocycles. The number of aromatic nitrogens is 2. The smallest absolute Gasteiger partial charge is 0.223 e. The molecular weight excluding hydrogens is 304 g/mol. The van der Waals surface area contributed by atoms with Crippen LogP contribution < -0.4 is 9.64 Å². The van der Waals surface area contributed by atoms with Gasteiger partial charge in [-0.15, -0.1) is 0 Å². The van der Waals surface area contributed by atoms with Gasteiger partial charge in [0.15, 0.2) is 0 Å². The summed E-state index contributed by atoms with van der Waals surface area (Å²) in [5.74, 6) is 2.66. The summed E-state index contributed by atoms with van der Waals surface area (Å²) in [7, 11) is 1.63. The number of carbonyl (C=O) groups excluding carboxylic acids is 1. The molecule has 3 heterocycles. The third kappa shape index (κ3) is 2.94. The van der Waals surface area contributed by atoms with E-state index >= 15 is 0 Å². The SMILES string of the molecule is COc1cc(N2CCC[C@]3(CCC(=O)N3CC3CC3)CC2)ncn1. The van der Waals surface area contributed by atoms with Gasteiger partial charge in [0.05, 0.1) is 7.11 Å². The van der Waals surface area contributed by atoms with Gasteiger partial charge in [0.2, 0.25) is 11.8 Å². The Morgan fingerprint density at radius 3 is 2.92 bits per heavy atom. The Balaban J connectivity index is 1.49. The number of hydrogen-bond donors (Lipinski definition) is 0. The third-order valence-electron chi connectivity index (χ3n) is 5.89. The largest absolute Gasteiger partial charge is 0.481 e. The molecule has 2 aliphatic heterocycles. The number of rotatable bonds is 4. The maximum Gasteiger partial charge on any atom is 0.223 e. The summed E-state index contributed by atoms with van der Waals surface area (Å²) in [5, 5.41) is 0. The van der Waals surface area contributed by atoms with Gasteiger partial charge in [-0.05, 0) is 44.4 Å². The van der Waals surface area contributed by atoms with Crippen LogP contribution in [-0.2, 0) is 4.79 Å². The van der Waals surface area contributed by atoms with Crippen LogP contribution >= 0.6 is 0 Å². The number of nitrogens with zero attached hydrogens (tertiary/aromatic N) is 4. The Morgan fingerprint density at radius 2 is 2.12 bits per heavy atom. The van der Waals surface area contributed by atoms with Crippen LogP contribution in [0.1, 0.15) is 44.9 Å². The van der Waals surface area contributed by atoms with E-state index in [-0.39, 0.29) is 5.54 Å². The lowest BCUT2D eigenvalue weighted by atomic mass is 9.87. The average molecular weight is 330 g/mol. The highest BCUT2D eigenvalue weighted by Crippen LogP contribution is 2.42. The van der Waals surface area contributed by atoms with Gasteiger partial charge in [0.1, 0.15) is 12.1 Å². The van der Waals surface area contributed by atoms with Gasteiger partial charge in [-0.1, -0.05) is 0 Å². The molecule has 2 saturated heterocycles. The minimum Gasteiger partial charge on any atom is -0.481 e. The van der Waals surface area contributed by atoms with Crippen LogP contribution in [0, 0.1) is 5.92 Å². The lowest BCUT2D eigenvalue weighted by Gasteiger charge is -2.38. The molecule has 0 bridgehead atoms. The molecule has 0 radical (unpaired) electrons. The highest BCUT2D eigenvalue weighted by molar-refractivity contribution is 5.79. The minimum atomic E-state index is 0.0888. The molecule has 1 atom stereocenters. The van der Waals surface area contributed by atoms with Crippen molar-refractivity contribution in [3.63, 3.8) is 0 Å². The van der Waals surface area contributed by atoms with Gasteiger partial charge < -0.3 is 14.5 Å². The van der Waals surface area contributed by atoms with Crippen molar-refractivity contribution in [1.29, 1.82) is 0 Å². The fraction of sp³-hybridized carbons (Fsp3) is 0.722. The molecule has 130 valence electrons. The summed E-state index contributed by atoms with van der Waals surface area (Å²) in [5.41, 5.74) is 0.0888. The zero-order valence-corrected chi connectivity index (χ0v) is 14.4. The Bertz CT molecular complexity index is 619. The van der Waals surface area contributed by atoms with Crippen LogP contribution in [0.25, 0.3) is 0 Å². The second-order valence-corrected chi connectivity index (χ2v) is 7.43. The van der Waals surface area contributed by atoms with Gasteiger partial charge in [0, 0.05) is 37.7 Å². The highest BCUT2D eigenvalue weighted by Gasteiger charge is 2.47. The molecule has 1 aromatic rings. The molecular formula is C18H26N4O2. The summed E-state index contributed by atoms with van der Waals surface area (Å²) < 4.78 is 5.22. The summed E-state index contributed by atoms with van der Waals surface area (Å²) >= 11 is 0. The molecule has 3 aliphatic rings. The van der Waals surface area contributed by atoms with Crippen molar-refractivity contribution in [1.82, 2.24) is 14.9 Å². The number of methoxy groups -OCH3 is 1. The van der Waals surface area contributed by atoms with E-state index < -0.39 is 0 Å². The third-order valence-corrected chi connectivity index (χ3v) is 5.89. The molecule has 1 aliphatic carbocycles. The lowest BCUT2D eigenvalue weighted by molar-refractivity contribution is -0.131. The fourth-order valence-corrected chi connectivity index (χ4v) is 4.27. The Hall–Kier alpha value is -1.85. The van der Waals surface area contributed by atoms with Crippen molar-refractivity contribution in [2.75, 3.05) is 31.6 Å². The fourth-order valence-electron chi connectivity index (χ4n) is 4.27. The van der Waals surface area contributed by atoms with Crippen molar-refractivity contribution >= 4 is 11.7 Å². The number of anilines is 1. The van der Waals surface area contributed by atoms with E-state index in [0.29, 0.717) is 11.8 Å². The van der Waals surface area contributed by atoms with Crippen LogP contribution in [0.2, 0.25) is 0 Å². The quantitative estimate of drug-likeness (QED) is 0.847. The van der Waals surface area contributed by atoms with E-state index in [1.165, 1.54) is 12.8 Å². The van der Waals surface area contributed by atoms with Crippen molar-refractivity contribution in [2.24, 2.45) is 5.92 Å². The van der Waals surface area contributed by atoms with Gasteiger partial charge in [-0.3, -0.25) is 4.79 Å². The van der Waals surface area contributed by atoms with E-state index in [4.69, 9.17) is 4.74 Å². The summed E-state index contributed by atoms with van der Waals surface area (Å²) in [6.07, 6.45) is 9.17. The second kappa shape index (κ2) is 6.22. The zero-order valence-electron chi connectivity index (χ0n) is 14.4. The Morgan fingerprint density at radius 1 is 1.25 bits per heavy atom. The topological polar surface area (TPSA) is 58.6 Å². The molecule has 1 spiro atoms. The first-order valence-corrected chi connectivity index (χ1v) is 9.12. The molecule has 4 rings (SSSR count). The average Bonchev–Trinajstić information content (AvgIpc) is 3.40. The second-order valence-electron chi connectivity index (χ2n) is 7.43. The van der Waals surface area contributed by atoms with E-state index in [0.717, 1.165) is 63.5 Å². The Labute approximate surface area is 143 Å². The zero-order chi connectivity index (χ0) is 16.6. The highest BCUT2D eigenvalue weighted by atomic mass is 16.5. The predicted octanol–water partition coefficient (Wildman–Crippen LogP) is 2.25. The number of amides is 1. The van der Waals surface area contributed by atoms with Gasteiger partial charge >= 0.3 is 0 Å². The number of carbonyl (C=O) groups is 1. The first kappa shape index (κ1) is 15.7. The van der Waals surface area contributed by atoms with Crippen LogP contribution in [0.5, 0.6) is 5.88 Å². The van der Waals surface area contributed by atoms with E-state index in [1.54, 1.807) is 13.4 Å². The molecule has 3 fully saturated rings. The number of likely N-dealkylation sites (tertiary alicyclic amines) is 1. The van der Waals surface area contributed by atoms with Crippen LogP contribution in [0.15, 0.2) is 12.4 Å². The number of hydrogen-bond acceptors (Lipinski definition) is 5. The summed E-state index contributed by atoms with van der Waals surface area (Å²) in [4.78, 5) is 25.5. The maximum absolute atomic E-state index is 12.4. The molecule has 0 aromatic carbocycles. The molecule has 1 aromatic heterocycles. The molecule has 24 heavy (non-hydrogen) atoms. The standard InChI is InChI=1S/C18H26N4O2/c1-24-16-11-15(19-13-20-16)21-9-2-6-18(8-10-21)7-5-17(23)22(18)12-14-3-4-14/h11,13-14H,2-10,12H2,1H3/t18-/m0/s1. The van der Waals surface area contributed by atoms with Crippen LogP contribution in [-0.4, -0.2) is 53.1 Å². The first-order chi connectivity index (χ1) is 11.7. The van der Waals surface area contributed by atoms with Gasteiger partial charge in [-0.2, -0.15) is 0 Å². The van der Waals surface area contributed by atoms with Gasteiger partial charge in [0.25, 0.3) is 0 Å². The van der Waals surface area contributed by atoms with E-state index in [1.807, 2.05) is 6.07 Å². The number of ether oxygens (including phenoxy) is 1. The van der Waals surface area contributed by atoms with Crippen molar-refractivity contribution < 1.29 is 9.53 Å². The normalized spacial score (nSPS) is 27.6. The summed E-state index contributed by atoms with van der Waals surface area (Å²) in [6.45, 7) is 2.90. The molecule has 0 N–H and O–H groups in total. The Kier molecular flexibility index (Phi) is 4.06. The molecule has 0 unspecified atom stereocenters. The van der Waals surface area contributed by atoms with Crippen molar-refractivity contribution in [2.45, 2.75) is 50.5 Å².